The highest BCUT2D eigenvalue weighted by Gasteiger charge is 2.19. The van der Waals surface area contributed by atoms with E-state index in [-0.39, 0.29) is 31.1 Å². The second-order valence-corrected chi connectivity index (χ2v) is 18.5. The third-order valence-electron chi connectivity index (χ3n) is 11.9. The molecule has 0 saturated carbocycles. The number of hydrogen-bond donors (Lipinski definition) is 0. The van der Waals surface area contributed by atoms with Gasteiger partial charge in [0.15, 0.2) is 6.10 Å². The fourth-order valence-electron chi connectivity index (χ4n) is 7.63. The van der Waals surface area contributed by atoms with Gasteiger partial charge >= 0.3 is 17.9 Å². The van der Waals surface area contributed by atoms with Gasteiger partial charge in [-0.2, -0.15) is 0 Å². The van der Waals surface area contributed by atoms with Gasteiger partial charge in [-0.1, -0.05) is 215 Å². The van der Waals surface area contributed by atoms with Gasteiger partial charge in [-0.25, -0.2) is 0 Å². The van der Waals surface area contributed by atoms with Gasteiger partial charge in [0, 0.05) is 19.3 Å². The molecule has 0 rings (SSSR count). The highest BCUT2D eigenvalue weighted by Crippen LogP contribution is 2.14. The van der Waals surface area contributed by atoms with E-state index in [0.717, 1.165) is 109 Å². The molecule has 0 radical (unpaired) electrons. The van der Waals surface area contributed by atoms with E-state index in [1.807, 2.05) is 0 Å². The van der Waals surface area contributed by atoms with E-state index < -0.39 is 6.10 Å². The fraction of sp³-hybridized carbons (Fsp3) is 0.721. The van der Waals surface area contributed by atoms with Gasteiger partial charge in [0.05, 0.1) is 0 Å². The molecule has 0 amide bonds. The number of esters is 3. The van der Waals surface area contributed by atoms with Gasteiger partial charge in [0.25, 0.3) is 0 Å². The van der Waals surface area contributed by atoms with Crippen molar-refractivity contribution in [2.75, 3.05) is 13.2 Å². The summed E-state index contributed by atoms with van der Waals surface area (Å²) in [5.41, 5.74) is 0. The van der Waals surface area contributed by atoms with Crippen LogP contribution >= 0.6 is 0 Å². The van der Waals surface area contributed by atoms with Gasteiger partial charge in [0.1, 0.15) is 13.2 Å². The molecule has 384 valence electrons. The van der Waals surface area contributed by atoms with E-state index in [0.29, 0.717) is 19.3 Å². The van der Waals surface area contributed by atoms with E-state index >= 15 is 0 Å². The van der Waals surface area contributed by atoms with Crippen LogP contribution in [-0.2, 0) is 28.6 Å². The van der Waals surface area contributed by atoms with Crippen LogP contribution in [0, 0.1) is 0 Å². The van der Waals surface area contributed by atoms with Crippen molar-refractivity contribution in [3.05, 3.63) is 85.1 Å². The molecule has 67 heavy (non-hydrogen) atoms. The third-order valence-corrected chi connectivity index (χ3v) is 11.9. The SMILES string of the molecule is CC/C=C\C/C=C\C/C=C\C/C=C\CCCCC(=O)OCC(COC(=O)CCCCCCCCC/C=C\C/C=C\CCCCCC)OC(=O)CCCCCCC/C=C\CCCCCCCCC. The molecule has 0 bridgehead atoms. The van der Waals surface area contributed by atoms with E-state index in [2.05, 4.69) is 106 Å². The fourth-order valence-corrected chi connectivity index (χ4v) is 7.63. The Morgan fingerprint density at radius 2 is 0.582 bits per heavy atom. The minimum absolute atomic E-state index is 0.0973. The molecule has 1 atom stereocenters. The van der Waals surface area contributed by atoms with Crippen molar-refractivity contribution >= 4 is 17.9 Å². The first-order valence-corrected chi connectivity index (χ1v) is 28.1. The molecule has 0 aromatic carbocycles. The molecule has 0 fully saturated rings. The molecule has 0 aliphatic rings. The van der Waals surface area contributed by atoms with E-state index in [9.17, 15) is 14.4 Å². The number of ether oxygens (including phenoxy) is 3. The maximum absolute atomic E-state index is 12.8. The standard InChI is InChI=1S/C61H104O6/c1-4-7-10-13-16-19-22-25-28-30-31-34-36-39-42-45-48-51-54-60(63)66-57-58(56-65-59(62)53-50-47-44-41-38-35-32-27-24-21-18-15-12-9-6-3)67-61(64)55-52-49-46-43-40-37-33-29-26-23-20-17-14-11-8-5-2/h9,12,18-19,21-22,27-30,32-33,38,41,58H,4-8,10-11,13-17,20,23-26,31,34-37,39-40,42-57H2,1-3H3/b12-9-,21-18-,22-19-,30-28-,32-27-,33-29-,41-38-. The van der Waals surface area contributed by atoms with Gasteiger partial charge in [-0.3, -0.25) is 14.4 Å². The zero-order chi connectivity index (χ0) is 48.6. The summed E-state index contributed by atoms with van der Waals surface area (Å²) in [6.45, 7) is 6.47. The first-order valence-electron chi connectivity index (χ1n) is 28.1. The van der Waals surface area contributed by atoms with Crippen LogP contribution in [0.1, 0.15) is 265 Å². The quantitative estimate of drug-likeness (QED) is 0.0262. The average Bonchev–Trinajstić information content (AvgIpc) is 3.33. The third kappa shape index (κ3) is 53.4. The number of carbonyl (C=O) groups is 3. The molecule has 0 spiro atoms. The maximum Gasteiger partial charge on any atom is 0.306 e. The molecule has 0 heterocycles. The van der Waals surface area contributed by atoms with Gasteiger partial charge in [-0.15, -0.1) is 0 Å². The van der Waals surface area contributed by atoms with Crippen LogP contribution in [0.3, 0.4) is 0 Å². The molecule has 0 aliphatic carbocycles. The molecule has 0 aromatic heterocycles. The lowest BCUT2D eigenvalue weighted by Crippen LogP contribution is -2.30. The normalized spacial score (nSPS) is 12.7. The second-order valence-electron chi connectivity index (χ2n) is 18.5. The van der Waals surface area contributed by atoms with Gasteiger partial charge < -0.3 is 14.2 Å². The lowest BCUT2D eigenvalue weighted by molar-refractivity contribution is -0.167. The predicted octanol–water partition coefficient (Wildman–Crippen LogP) is 18.8. The smallest absolute Gasteiger partial charge is 0.306 e. The van der Waals surface area contributed by atoms with Crippen LogP contribution in [0.5, 0.6) is 0 Å². The van der Waals surface area contributed by atoms with E-state index in [4.69, 9.17) is 14.2 Å². The molecule has 6 nitrogen and oxygen atoms in total. The Labute approximate surface area is 414 Å². The molecule has 1 unspecified atom stereocenters. The summed E-state index contributed by atoms with van der Waals surface area (Å²) in [4.78, 5) is 38.1. The van der Waals surface area contributed by atoms with Crippen LogP contribution in [0.2, 0.25) is 0 Å². The Balaban J connectivity index is 4.46. The topological polar surface area (TPSA) is 78.9 Å². The molecular formula is C61H104O6. The summed E-state index contributed by atoms with van der Waals surface area (Å²) in [6.07, 6.45) is 71.4. The van der Waals surface area contributed by atoms with Crippen molar-refractivity contribution in [1.82, 2.24) is 0 Å². The summed E-state index contributed by atoms with van der Waals surface area (Å²) in [5.74, 6) is -0.952. The Morgan fingerprint density at radius 1 is 0.313 bits per heavy atom. The Bertz CT molecular complexity index is 1300. The van der Waals surface area contributed by atoms with Crippen LogP contribution in [0.15, 0.2) is 85.1 Å². The zero-order valence-corrected chi connectivity index (χ0v) is 43.9. The molecule has 0 aromatic rings. The number of carbonyl (C=O) groups excluding carboxylic acids is 3. The van der Waals surface area contributed by atoms with E-state index in [1.54, 1.807) is 0 Å². The molecule has 0 saturated heterocycles. The molecule has 6 heteroatoms. The van der Waals surface area contributed by atoms with E-state index in [1.165, 1.54) is 116 Å². The lowest BCUT2D eigenvalue weighted by atomic mass is 10.1. The van der Waals surface area contributed by atoms with Crippen molar-refractivity contribution in [3.63, 3.8) is 0 Å². The Morgan fingerprint density at radius 3 is 0.970 bits per heavy atom. The highest BCUT2D eigenvalue weighted by atomic mass is 16.6. The van der Waals surface area contributed by atoms with Gasteiger partial charge in [-0.05, 0) is 116 Å². The minimum Gasteiger partial charge on any atom is -0.462 e. The first kappa shape index (κ1) is 63.6. The molecular weight excluding hydrogens is 829 g/mol. The maximum atomic E-state index is 12.8. The number of allylic oxidation sites excluding steroid dienone is 14. The summed E-state index contributed by atoms with van der Waals surface area (Å²) < 4.78 is 16.8. The average molecular weight is 933 g/mol. The lowest BCUT2D eigenvalue weighted by Gasteiger charge is -2.18. The van der Waals surface area contributed by atoms with Crippen LogP contribution < -0.4 is 0 Å². The predicted molar refractivity (Wildman–Crippen MR) is 288 cm³/mol. The van der Waals surface area contributed by atoms with Crippen LogP contribution in [-0.4, -0.2) is 37.2 Å². The summed E-state index contributed by atoms with van der Waals surface area (Å²) in [5, 5.41) is 0. The largest absolute Gasteiger partial charge is 0.462 e. The number of unbranched alkanes of at least 4 members (excludes halogenated alkanes) is 25. The Hall–Kier alpha value is -3.41. The summed E-state index contributed by atoms with van der Waals surface area (Å²) in [7, 11) is 0. The van der Waals surface area contributed by atoms with Crippen LogP contribution in [0.4, 0.5) is 0 Å². The summed E-state index contributed by atoms with van der Waals surface area (Å²) >= 11 is 0. The summed E-state index contributed by atoms with van der Waals surface area (Å²) in [6, 6.07) is 0. The zero-order valence-electron chi connectivity index (χ0n) is 43.9. The molecule has 0 N–H and O–H groups in total. The Kier molecular flexibility index (Phi) is 52.4. The second kappa shape index (κ2) is 55.2. The monoisotopic (exact) mass is 933 g/mol. The number of hydrogen-bond acceptors (Lipinski definition) is 6. The number of rotatable bonds is 50. The minimum atomic E-state index is -0.802. The van der Waals surface area contributed by atoms with Crippen molar-refractivity contribution in [1.29, 1.82) is 0 Å². The van der Waals surface area contributed by atoms with Crippen molar-refractivity contribution in [2.45, 2.75) is 271 Å². The van der Waals surface area contributed by atoms with Crippen molar-refractivity contribution < 1.29 is 28.6 Å². The van der Waals surface area contributed by atoms with Crippen molar-refractivity contribution in [2.24, 2.45) is 0 Å². The first-order chi connectivity index (χ1) is 33.0. The van der Waals surface area contributed by atoms with Crippen LogP contribution in [0.25, 0.3) is 0 Å². The highest BCUT2D eigenvalue weighted by molar-refractivity contribution is 5.71. The molecule has 0 aliphatic heterocycles. The van der Waals surface area contributed by atoms with Gasteiger partial charge in [0.2, 0.25) is 0 Å². The van der Waals surface area contributed by atoms with Crippen molar-refractivity contribution in [3.8, 4) is 0 Å².